The van der Waals surface area contributed by atoms with Gasteiger partial charge in [0.15, 0.2) is 17.5 Å². The minimum atomic E-state index is -1.48. The molecular weight excluding hydrogens is 452 g/mol. The van der Waals surface area contributed by atoms with Gasteiger partial charge in [0.2, 0.25) is 6.41 Å². The number of anilines is 1. The maximum absolute atomic E-state index is 13.1. The Labute approximate surface area is 195 Å². The van der Waals surface area contributed by atoms with Crippen molar-refractivity contribution in [3.05, 3.63) is 70.5 Å². The fourth-order valence-corrected chi connectivity index (χ4v) is 3.78. The van der Waals surface area contributed by atoms with Crippen LogP contribution < -0.4 is 10.6 Å². The number of carbonyl (C=O) groups excluding carboxylic acids is 2. The lowest BCUT2D eigenvalue weighted by atomic mass is 9.99. The number of rotatable bonds is 5. The summed E-state index contributed by atoms with van der Waals surface area (Å²) >= 11 is 0. The molecule has 2 aliphatic rings. The first kappa shape index (κ1) is 25.1. The summed E-state index contributed by atoms with van der Waals surface area (Å²) < 4.78 is 50.6. The molecule has 2 aromatic rings. The molecule has 2 aliphatic heterocycles. The Morgan fingerprint density at radius 1 is 1.12 bits per heavy atom. The molecule has 6 nitrogen and oxygen atoms in total. The number of carbonyl (C=O) groups is 2. The monoisotopic (exact) mass is 478 g/mol. The van der Waals surface area contributed by atoms with Crippen molar-refractivity contribution in [3.63, 3.8) is 0 Å². The first-order valence-corrected chi connectivity index (χ1v) is 10.8. The number of alkyl halides is 1. The van der Waals surface area contributed by atoms with Gasteiger partial charge in [0.1, 0.15) is 6.67 Å². The highest BCUT2D eigenvalue weighted by Gasteiger charge is 2.25. The molecule has 0 aliphatic carbocycles. The quantitative estimate of drug-likeness (QED) is 0.387. The van der Waals surface area contributed by atoms with E-state index < -0.39 is 24.1 Å². The molecule has 2 N–H and O–H groups in total. The molecule has 0 spiro atoms. The van der Waals surface area contributed by atoms with Crippen LogP contribution in [0.4, 0.5) is 28.0 Å². The molecule has 0 saturated heterocycles. The van der Waals surface area contributed by atoms with Crippen molar-refractivity contribution in [3.8, 4) is 0 Å². The van der Waals surface area contributed by atoms with Gasteiger partial charge >= 0.3 is 6.03 Å². The van der Waals surface area contributed by atoms with Crippen LogP contribution in [0.2, 0.25) is 0 Å². The second kappa shape index (κ2) is 11.5. The van der Waals surface area contributed by atoms with Gasteiger partial charge in [-0.05, 0) is 41.3 Å². The molecule has 3 amide bonds. The number of halogens is 4. The van der Waals surface area contributed by atoms with Crippen LogP contribution in [0.15, 0.2) is 36.4 Å². The van der Waals surface area contributed by atoms with E-state index in [0.717, 1.165) is 18.2 Å². The van der Waals surface area contributed by atoms with Crippen LogP contribution in [0.3, 0.4) is 0 Å². The summed E-state index contributed by atoms with van der Waals surface area (Å²) in [5, 5.41) is 5.63. The maximum atomic E-state index is 13.1. The second-order valence-electron chi connectivity index (χ2n) is 7.81. The lowest BCUT2D eigenvalue weighted by Crippen LogP contribution is -2.42. The number of hydrogen-bond acceptors (Lipinski definition) is 3. The van der Waals surface area contributed by atoms with Crippen molar-refractivity contribution in [1.29, 1.82) is 0 Å². The van der Waals surface area contributed by atoms with Crippen LogP contribution in [-0.4, -0.2) is 55.6 Å². The van der Waals surface area contributed by atoms with E-state index in [4.69, 9.17) is 0 Å². The van der Waals surface area contributed by atoms with Gasteiger partial charge in [0, 0.05) is 51.0 Å². The third kappa shape index (κ3) is 5.86. The zero-order valence-corrected chi connectivity index (χ0v) is 18.7. The van der Waals surface area contributed by atoms with Crippen LogP contribution in [0.25, 0.3) is 5.57 Å². The van der Waals surface area contributed by atoms with Gasteiger partial charge in [-0.2, -0.15) is 0 Å². The highest BCUT2D eigenvalue weighted by Crippen LogP contribution is 2.27. The average molecular weight is 478 g/mol. The van der Waals surface area contributed by atoms with Gasteiger partial charge < -0.3 is 20.4 Å². The summed E-state index contributed by atoms with van der Waals surface area (Å²) in [5.74, 6) is -3.88. The Morgan fingerprint density at radius 3 is 2.44 bits per heavy atom. The molecule has 0 atom stereocenters. The lowest BCUT2D eigenvalue weighted by molar-refractivity contribution is -0.118. The number of fused-ring (bicyclic) bond motifs is 1. The Balaban J connectivity index is 0.000000202. The predicted octanol–water partition coefficient (Wildman–Crippen LogP) is 4.07. The Kier molecular flexibility index (Phi) is 8.50. The number of nitrogens with one attached hydrogen (secondary N) is 2. The van der Waals surface area contributed by atoms with Gasteiger partial charge in [0.25, 0.3) is 0 Å². The topological polar surface area (TPSA) is 64.7 Å². The third-order valence-electron chi connectivity index (χ3n) is 5.65. The minimum Gasteiger partial charge on any atom is -0.388 e. The summed E-state index contributed by atoms with van der Waals surface area (Å²) in [7, 11) is 1.89. The maximum Gasteiger partial charge on any atom is 0.317 e. The summed E-state index contributed by atoms with van der Waals surface area (Å²) in [6.07, 6.45) is 3.41. The second-order valence-corrected chi connectivity index (χ2v) is 7.81. The normalized spacial score (nSPS) is 14.6. The summed E-state index contributed by atoms with van der Waals surface area (Å²) in [4.78, 5) is 25.0. The molecule has 0 bridgehead atoms. The Morgan fingerprint density at radius 2 is 1.85 bits per heavy atom. The number of hydrogen-bond donors (Lipinski definition) is 2. The number of amides is 3. The molecule has 10 heteroatoms. The molecule has 0 unspecified atom stereocenters. The number of urea groups is 1. The van der Waals surface area contributed by atoms with E-state index in [1.165, 1.54) is 16.0 Å². The first-order valence-electron chi connectivity index (χ1n) is 10.8. The largest absolute Gasteiger partial charge is 0.388 e. The zero-order chi connectivity index (χ0) is 24.7. The molecule has 0 aromatic heterocycles. The minimum absolute atomic E-state index is 0.00185. The van der Waals surface area contributed by atoms with Gasteiger partial charge in [-0.1, -0.05) is 18.2 Å². The summed E-state index contributed by atoms with van der Waals surface area (Å²) in [5.41, 5.74) is 3.91. The van der Waals surface area contributed by atoms with Crippen LogP contribution >= 0.6 is 0 Å². The molecule has 182 valence electrons. The fraction of sp³-hybridized carbons (Fsp3) is 0.333. The van der Waals surface area contributed by atoms with Gasteiger partial charge in [-0.25, -0.2) is 22.4 Å². The number of nitrogens with zero attached hydrogens (tertiary/aromatic N) is 2. The molecule has 0 saturated carbocycles. The molecule has 34 heavy (non-hydrogen) atoms. The lowest BCUT2D eigenvalue weighted by Gasteiger charge is -2.26. The third-order valence-corrected chi connectivity index (χ3v) is 5.65. The van der Waals surface area contributed by atoms with Crippen LogP contribution in [0.1, 0.15) is 23.1 Å². The standard InChI is InChI=1S/C15H20FN3O.C9H6F3NO/c1-17-14-4-2-12(3-5-14)13-6-10-19(11-7-13)15(20)18-9-8-16;10-7-1-5-2-13(4-14)3-6(5)8(11)9(7)12/h2-6,17H,7-11H2,1H3,(H,18,20);1,4H,2-3H2. The fourth-order valence-electron chi connectivity index (χ4n) is 3.78. The van der Waals surface area contributed by atoms with Gasteiger partial charge in [-0.3, -0.25) is 4.79 Å². The molecule has 4 rings (SSSR count). The molecular formula is C24H26F4N4O2. The zero-order valence-electron chi connectivity index (χ0n) is 18.7. The van der Waals surface area contributed by atoms with E-state index in [9.17, 15) is 27.2 Å². The van der Waals surface area contributed by atoms with Gasteiger partial charge in [-0.15, -0.1) is 0 Å². The SMILES string of the molecule is CNc1ccc(C2=CCN(C(=O)NCCF)CC2)cc1.O=CN1Cc2cc(F)c(F)c(F)c2C1. The average Bonchev–Trinajstić information content (AvgIpc) is 3.29. The van der Waals surface area contributed by atoms with Gasteiger partial charge in [0.05, 0.1) is 0 Å². The summed E-state index contributed by atoms with van der Waals surface area (Å²) in [6.45, 7) is 0.920. The molecule has 0 fully saturated rings. The Hall–Kier alpha value is -3.56. The van der Waals surface area contributed by atoms with Crippen molar-refractivity contribution in [2.24, 2.45) is 0 Å². The molecule has 0 radical (unpaired) electrons. The van der Waals surface area contributed by atoms with E-state index in [-0.39, 0.29) is 31.2 Å². The number of benzene rings is 2. The first-order chi connectivity index (χ1) is 16.4. The van der Waals surface area contributed by atoms with Crippen molar-refractivity contribution in [2.75, 3.05) is 38.7 Å². The van der Waals surface area contributed by atoms with E-state index >= 15 is 0 Å². The van der Waals surface area contributed by atoms with E-state index in [0.29, 0.717) is 25.1 Å². The van der Waals surface area contributed by atoms with Crippen LogP contribution in [-0.2, 0) is 17.9 Å². The Bertz CT molecular complexity index is 1060. The van der Waals surface area contributed by atoms with E-state index in [1.807, 2.05) is 19.2 Å². The summed E-state index contributed by atoms with van der Waals surface area (Å²) in [6, 6.07) is 8.97. The van der Waals surface area contributed by atoms with E-state index in [2.05, 4.69) is 28.8 Å². The van der Waals surface area contributed by atoms with Crippen LogP contribution in [0.5, 0.6) is 0 Å². The highest BCUT2D eigenvalue weighted by molar-refractivity contribution is 5.77. The predicted molar refractivity (Wildman–Crippen MR) is 121 cm³/mol. The smallest absolute Gasteiger partial charge is 0.317 e. The van der Waals surface area contributed by atoms with Crippen LogP contribution in [0, 0.1) is 17.5 Å². The highest BCUT2D eigenvalue weighted by atomic mass is 19.2. The van der Waals surface area contributed by atoms with Crippen molar-refractivity contribution in [1.82, 2.24) is 15.1 Å². The van der Waals surface area contributed by atoms with E-state index in [1.54, 1.807) is 4.90 Å². The van der Waals surface area contributed by atoms with Crippen molar-refractivity contribution in [2.45, 2.75) is 19.5 Å². The van der Waals surface area contributed by atoms with Crippen molar-refractivity contribution < 1.29 is 27.2 Å². The van der Waals surface area contributed by atoms with Crippen molar-refractivity contribution >= 4 is 23.7 Å². The molecule has 2 aromatic carbocycles. The molecule has 2 heterocycles.